The van der Waals surface area contributed by atoms with Crippen LogP contribution in [0.3, 0.4) is 0 Å². The van der Waals surface area contributed by atoms with E-state index in [9.17, 15) is 4.79 Å². The molecule has 1 aromatic rings. The summed E-state index contributed by atoms with van der Waals surface area (Å²) in [6.45, 7) is 0. The second-order valence-corrected chi connectivity index (χ2v) is 2.76. The van der Waals surface area contributed by atoms with Gasteiger partial charge in [0.25, 0.3) is 0 Å². The minimum atomic E-state index is -0.0103. The van der Waals surface area contributed by atoms with E-state index in [1.54, 1.807) is 6.08 Å². The maximum absolute atomic E-state index is 10.8. The first-order chi connectivity index (χ1) is 5.86. The molecule has 0 saturated heterocycles. The largest absolute Gasteiger partial charge is 0.342 e. The van der Waals surface area contributed by atoms with Crippen molar-refractivity contribution in [2.45, 2.75) is 6.04 Å². The molecule has 12 heavy (non-hydrogen) atoms. The Morgan fingerprint density at radius 1 is 1.17 bits per heavy atom. The SMILES string of the molecule is O=C1C=C[C@@H](c2ccccc2)N1. The molecule has 1 atom stereocenters. The van der Waals surface area contributed by atoms with E-state index in [1.807, 2.05) is 36.4 Å². The first-order valence-corrected chi connectivity index (χ1v) is 3.90. The van der Waals surface area contributed by atoms with Crippen molar-refractivity contribution < 1.29 is 4.79 Å². The number of benzene rings is 1. The molecule has 0 spiro atoms. The monoisotopic (exact) mass is 159 g/mol. The highest BCUT2D eigenvalue weighted by Gasteiger charge is 2.14. The summed E-state index contributed by atoms with van der Waals surface area (Å²) in [6.07, 6.45) is 3.44. The quantitative estimate of drug-likeness (QED) is 0.659. The van der Waals surface area contributed by atoms with E-state index in [-0.39, 0.29) is 11.9 Å². The van der Waals surface area contributed by atoms with Crippen LogP contribution in [-0.2, 0) is 4.79 Å². The Kier molecular flexibility index (Phi) is 1.67. The number of amides is 1. The van der Waals surface area contributed by atoms with Gasteiger partial charge in [0.1, 0.15) is 0 Å². The number of hydrogen-bond donors (Lipinski definition) is 1. The molecule has 0 fully saturated rings. The number of carbonyl (C=O) groups excluding carboxylic acids is 1. The van der Waals surface area contributed by atoms with Crippen molar-refractivity contribution in [1.82, 2.24) is 5.32 Å². The molecule has 60 valence electrons. The molecule has 1 aliphatic rings. The Hall–Kier alpha value is -1.57. The lowest BCUT2D eigenvalue weighted by molar-refractivity contribution is -0.116. The molecule has 1 aliphatic heterocycles. The summed E-state index contributed by atoms with van der Waals surface area (Å²) in [4.78, 5) is 10.8. The van der Waals surface area contributed by atoms with Crippen LogP contribution in [0.4, 0.5) is 0 Å². The normalized spacial score (nSPS) is 21.0. The fraction of sp³-hybridized carbons (Fsp3) is 0.100. The zero-order valence-corrected chi connectivity index (χ0v) is 6.53. The van der Waals surface area contributed by atoms with Crippen molar-refractivity contribution >= 4 is 5.91 Å². The van der Waals surface area contributed by atoms with Crippen LogP contribution < -0.4 is 5.32 Å². The minimum absolute atomic E-state index is 0.0103. The van der Waals surface area contributed by atoms with E-state index < -0.39 is 0 Å². The molecule has 1 aromatic carbocycles. The molecule has 1 amide bonds. The van der Waals surface area contributed by atoms with Gasteiger partial charge >= 0.3 is 0 Å². The molecular weight excluding hydrogens is 150 g/mol. The summed E-state index contributed by atoms with van der Waals surface area (Å²) in [7, 11) is 0. The second kappa shape index (κ2) is 2.81. The van der Waals surface area contributed by atoms with Gasteiger partial charge < -0.3 is 5.32 Å². The fourth-order valence-electron chi connectivity index (χ4n) is 1.29. The van der Waals surface area contributed by atoms with Crippen LogP contribution in [0.5, 0.6) is 0 Å². The van der Waals surface area contributed by atoms with Gasteiger partial charge in [0.2, 0.25) is 5.91 Å². The molecule has 0 aliphatic carbocycles. The highest BCUT2D eigenvalue weighted by Crippen LogP contribution is 2.16. The average Bonchev–Trinajstić information content (AvgIpc) is 2.54. The van der Waals surface area contributed by atoms with Gasteiger partial charge in [-0.05, 0) is 5.56 Å². The third-order valence-electron chi connectivity index (χ3n) is 1.90. The lowest BCUT2D eigenvalue weighted by atomic mass is 10.1. The molecule has 2 nitrogen and oxygen atoms in total. The summed E-state index contributed by atoms with van der Waals surface area (Å²) < 4.78 is 0. The van der Waals surface area contributed by atoms with Crippen LogP contribution in [0.15, 0.2) is 42.5 Å². The van der Waals surface area contributed by atoms with Crippen molar-refractivity contribution in [2.24, 2.45) is 0 Å². The first-order valence-electron chi connectivity index (χ1n) is 3.90. The lowest BCUT2D eigenvalue weighted by Gasteiger charge is -2.07. The molecular formula is C10H9NO. The van der Waals surface area contributed by atoms with E-state index in [0.29, 0.717) is 0 Å². The van der Waals surface area contributed by atoms with Crippen LogP contribution >= 0.6 is 0 Å². The molecule has 0 aromatic heterocycles. The molecule has 1 N–H and O–H groups in total. The summed E-state index contributed by atoms with van der Waals surface area (Å²) in [6, 6.07) is 9.96. The highest BCUT2D eigenvalue weighted by molar-refractivity contribution is 5.90. The first kappa shape index (κ1) is 7.10. The predicted octanol–water partition coefficient (Wildman–Crippen LogP) is 1.41. The molecule has 0 unspecified atom stereocenters. The van der Waals surface area contributed by atoms with E-state index in [4.69, 9.17) is 0 Å². The van der Waals surface area contributed by atoms with Crippen LogP contribution in [0, 0.1) is 0 Å². The molecule has 0 saturated carbocycles. The van der Waals surface area contributed by atoms with E-state index in [1.165, 1.54) is 0 Å². The topological polar surface area (TPSA) is 29.1 Å². The third-order valence-corrected chi connectivity index (χ3v) is 1.90. The molecule has 2 heteroatoms. The standard InChI is InChI=1S/C10H9NO/c12-10-7-6-9(11-10)8-4-2-1-3-5-8/h1-7,9H,(H,11,12)/t9-/m0/s1. The van der Waals surface area contributed by atoms with Crippen molar-refractivity contribution in [2.75, 3.05) is 0 Å². The van der Waals surface area contributed by atoms with Gasteiger partial charge in [0.05, 0.1) is 6.04 Å². The Labute approximate surface area is 70.9 Å². The van der Waals surface area contributed by atoms with Crippen LogP contribution in [0.25, 0.3) is 0 Å². The number of carbonyl (C=O) groups is 1. The Morgan fingerprint density at radius 3 is 2.50 bits per heavy atom. The summed E-state index contributed by atoms with van der Waals surface area (Å²) in [5.41, 5.74) is 1.12. The maximum Gasteiger partial charge on any atom is 0.244 e. The van der Waals surface area contributed by atoms with E-state index in [0.717, 1.165) is 5.56 Å². The minimum Gasteiger partial charge on any atom is -0.342 e. The third kappa shape index (κ3) is 1.23. The summed E-state index contributed by atoms with van der Waals surface area (Å²) in [5.74, 6) is -0.0103. The predicted molar refractivity (Wildman–Crippen MR) is 46.5 cm³/mol. The molecule has 1 heterocycles. The Balaban J connectivity index is 2.23. The molecule has 0 bridgehead atoms. The second-order valence-electron chi connectivity index (χ2n) is 2.76. The van der Waals surface area contributed by atoms with E-state index in [2.05, 4.69) is 5.32 Å². The van der Waals surface area contributed by atoms with Gasteiger partial charge in [0, 0.05) is 6.08 Å². The fourth-order valence-corrected chi connectivity index (χ4v) is 1.29. The maximum atomic E-state index is 10.8. The number of rotatable bonds is 1. The van der Waals surface area contributed by atoms with Gasteiger partial charge in [-0.1, -0.05) is 36.4 Å². The number of hydrogen-bond acceptors (Lipinski definition) is 1. The van der Waals surface area contributed by atoms with Crippen molar-refractivity contribution in [1.29, 1.82) is 0 Å². The summed E-state index contributed by atoms with van der Waals surface area (Å²) >= 11 is 0. The van der Waals surface area contributed by atoms with Crippen molar-refractivity contribution in [3.05, 3.63) is 48.0 Å². The number of nitrogens with one attached hydrogen (secondary N) is 1. The van der Waals surface area contributed by atoms with Crippen LogP contribution in [0.2, 0.25) is 0 Å². The van der Waals surface area contributed by atoms with Crippen LogP contribution in [-0.4, -0.2) is 5.91 Å². The Morgan fingerprint density at radius 2 is 1.92 bits per heavy atom. The average molecular weight is 159 g/mol. The Bertz CT molecular complexity index is 316. The van der Waals surface area contributed by atoms with Crippen molar-refractivity contribution in [3.8, 4) is 0 Å². The van der Waals surface area contributed by atoms with E-state index >= 15 is 0 Å². The zero-order chi connectivity index (χ0) is 8.39. The smallest absolute Gasteiger partial charge is 0.244 e. The van der Waals surface area contributed by atoms with Gasteiger partial charge in [0.15, 0.2) is 0 Å². The van der Waals surface area contributed by atoms with Crippen LogP contribution in [0.1, 0.15) is 11.6 Å². The van der Waals surface area contributed by atoms with Crippen molar-refractivity contribution in [3.63, 3.8) is 0 Å². The van der Waals surface area contributed by atoms with Gasteiger partial charge in [-0.25, -0.2) is 0 Å². The van der Waals surface area contributed by atoms with Gasteiger partial charge in [-0.2, -0.15) is 0 Å². The highest BCUT2D eigenvalue weighted by atomic mass is 16.1. The van der Waals surface area contributed by atoms with Gasteiger partial charge in [-0.3, -0.25) is 4.79 Å². The molecule has 2 rings (SSSR count). The summed E-state index contributed by atoms with van der Waals surface area (Å²) in [5, 5.41) is 2.82. The molecule has 0 radical (unpaired) electrons. The lowest BCUT2D eigenvalue weighted by Crippen LogP contribution is -2.19. The zero-order valence-electron chi connectivity index (χ0n) is 6.53. The van der Waals surface area contributed by atoms with Gasteiger partial charge in [-0.15, -0.1) is 0 Å².